The highest BCUT2D eigenvalue weighted by Crippen LogP contribution is 2.42. The van der Waals surface area contributed by atoms with Gasteiger partial charge in [0.2, 0.25) is 0 Å². The molecule has 1 aliphatic carbocycles. The number of aromatic nitrogens is 3. The zero-order valence-electron chi connectivity index (χ0n) is 14.1. The Morgan fingerprint density at radius 1 is 1.22 bits per heavy atom. The van der Waals surface area contributed by atoms with E-state index in [1.807, 2.05) is 0 Å². The van der Waals surface area contributed by atoms with Gasteiger partial charge in [0, 0.05) is 6.20 Å². The zero-order valence-corrected chi connectivity index (χ0v) is 15.7. The molecule has 0 amide bonds. The molecule has 1 fully saturated rings. The van der Waals surface area contributed by atoms with E-state index in [4.69, 9.17) is 0 Å². The minimum Gasteiger partial charge on any atom is -0.252 e. The van der Waals surface area contributed by atoms with Crippen LogP contribution in [0.4, 0.5) is 13.2 Å². The average molecular weight is 413 g/mol. The molecule has 0 atom stereocenters. The van der Waals surface area contributed by atoms with Crippen LogP contribution >= 0.6 is 11.3 Å². The van der Waals surface area contributed by atoms with Crippen molar-refractivity contribution >= 4 is 31.5 Å². The number of rotatable bonds is 4. The van der Waals surface area contributed by atoms with Crippen LogP contribution in [-0.2, 0) is 16.0 Å². The van der Waals surface area contributed by atoms with Gasteiger partial charge in [-0.3, -0.25) is 4.98 Å². The Bertz CT molecular complexity index is 1140. The van der Waals surface area contributed by atoms with Crippen LogP contribution in [0.2, 0.25) is 0 Å². The van der Waals surface area contributed by atoms with Gasteiger partial charge >= 0.3 is 6.18 Å². The van der Waals surface area contributed by atoms with Crippen LogP contribution in [-0.4, -0.2) is 29.1 Å². The van der Waals surface area contributed by atoms with Gasteiger partial charge in [0.05, 0.1) is 10.6 Å². The molecule has 142 valence electrons. The lowest BCUT2D eigenvalue weighted by molar-refractivity contribution is -0.140. The van der Waals surface area contributed by atoms with Crippen molar-refractivity contribution in [3.63, 3.8) is 0 Å². The second-order valence-corrected chi connectivity index (χ2v) is 9.55. The summed E-state index contributed by atoms with van der Waals surface area (Å²) in [4.78, 5) is 12.4. The minimum absolute atomic E-state index is 0.0736. The first-order chi connectivity index (χ1) is 12.7. The maximum absolute atomic E-state index is 12.9. The smallest absolute Gasteiger partial charge is 0.252 e. The first-order valence-electron chi connectivity index (χ1n) is 8.27. The number of fused-ring (bicyclic) bond motifs is 1. The van der Waals surface area contributed by atoms with Crippen molar-refractivity contribution in [2.45, 2.75) is 36.8 Å². The maximum Gasteiger partial charge on any atom is 0.433 e. The second-order valence-electron chi connectivity index (χ2n) is 6.33. The molecule has 10 heteroatoms. The summed E-state index contributed by atoms with van der Waals surface area (Å²) in [7, 11) is -3.57. The van der Waals surface area contributed by atoms with Gasteiger partial charge in [-0.1, -0.05) is 18.3 Å². The number of nitrogens with zero attached hydrogens (tertiary/aromatic N) is 3. The molecule has 1 saturated carbocycles. The third-order valence-corrected chi connectivity index (χ3v) is 7.10. The Kier molecular flexibility index (Phi) is 4.22. The normalized spacial score (nSPS) is 15.4. The zero-order chi connectivity index (χ0) is 19.4. The van der Waals surface area contributed by atoms with Crippen LogP contribution in [0.1, 0.15) is 36.9 Å². The molecular weight excluding hydrogens is 399 g/mol. The summed E-state index contributed by atoms with van der Waals surface area (Å²) in [6.45, 7) is 1.54. The maximum atomic E-state index is 12.9. The van der Waals surface area contributed by atoms with Crippen LogP contribution in [0.5, 0.6) is 0 Å². The lowest BCUT2D eigenvalue weighted by Gasteiger charge is -2.08. The van der Waals surface area contributed by atoms with Gasteiger partial charge < -0.3 is 0 Å². The van der Waals surface area contributed by atoms with E-state index in [9.17, 15) is 21.6 Å². The predicted octanol–water partition coefficient (Wildman–Crippen LogP) is 4.44. The summed E-state index contributed by atoms with van der Waals surface area (Å²) in [5.41, 5.74) is 0.293. The Morgan fingerprint density at radius 2 is 1.96 bits per heavy atom. The summed E-state index contributed by atoms with van der Waals surface area (Å²) < 4.78 is 63.7. The van der Waals surface area contributed by atoms with Crippen molar-refractivity contribution in [1.82, 2.24) is 15.0 Å². The molecule has 0 unspecified atom stereocenters. The van der Waals surface area contributed by atoms with Gasteiger partial charge in [0.15, 0.2) is 9.84 Å². The molecule has 5 nitrogen and oxygen atoms in total. The number of pyridine rings is 2. The molecule has 0 bridgehead atoms. The molecule has 4 rings (SSSR count). The third kappa shape index (κ3) is 3.43. The van der Waals surface area contributed by atoms with Crippen molar-refractivity contribution in [2.24, 2.45) is 0 Å². The van der Waals surface area contributed by atoms with Crippen LogP contribution in [0.3, 0.4) is 0 Å². The Hall–Kier alpha value is -2.07. The SMILES string of the molecule is CCS(=O)(=O)c1cc(C2CC2)cnc1-c1nc2ccc(C(F)(F)F)nc2s1. The molecule has 3 heterocycles. The first kappa shape index (κ1) is 18.3. The van der Waals surface area contributed by atoms with Gasteiger partial charge in [0.1, 0.15) is 26.7 Å². The molecular formula is C17H14F3N3O2S2. The fourth-order valence-corrected chi connectivity index (χ4v) is 4.81. The average Bonchev–Trinajstić information content (AvgIpc) is 3.38. The van der Waals surface area contributed by atoms with E-state index in [1.54, 1.807) is 19.2 Å². The lowest BCUT2D eigenvalue weighted by Crippen LogP contribution is -2.07. The lowest BCUT2D eigenvalue weighted by atomic mass is 10.2. The molecule has 0 aromatic carbocycles. The molecule has 0 aliphatic heterocycles. The van der Waals surface area contributed by atoms with Gasteiger partial charge in [0.25, 0.3) is 0 Å². The van der Waals surface area contributed by atoms with Gasteiger partial charge in [-0.05, 0) is 42.5 Å². The van der Waals surface area contributed by atoms with Crippen molar-refractivity contribution in [2.75, 3.05) is 5.75 Å². The number of thiazole rings is 1. The van der Waals surface area contributed by atoms with E-state index in [0.29, 0.717) is 5.92 Å². The molecule has 3 aromatic rings. The van der Waals surface area contributed by atoms with Gasteiger partial charge in [-0.15, -0.1) is 0 Å². The summed E-state index contributed by atoms with van der Waals surface area (Å²) in [5.74, 6) is 0.223. The number of hydrogen-bond donors (Lipinski definition) is 0. The van der Waals surface area contributed by atoms with Crippen LogP contribution in [0.25, 0.3) is 21.0 Å². The van der Waals surface area contributed by atoms with E-state index in [0.717, 1.165) is 35.8 Å². The Labute approximate surface area is 157 Å². The highest BCUT2D eigenvalue weighted by Gasteiger charge is 2.33. The Balaban J connectivity index is 1.87. The topological polar surface area (TPSA) is 72.8 Å². The molecule has 0 N–H and O–H groups in total. The molecule has 27 heavy (non-hydrogen) atoms. The van der Waals surface area contributed by atoms with Crippen molar-refractivity contribution in [3.05, 3.63) is 35.7 Å². The Morgan fingerprint density at radius 3 is 2.59 bits per heavy atom. The van der Waals surface area contributed by atoms with E-state index in [2.05, 4.69) is 15.0 Å². The summed E-state index contributed by atoms with van der Waals surface area (Å²) in [6, 6.07) is 3.72. The molecule has 0 radical (unpaired) electrons. The van der Waals surface area contributed by atoms with Gasteiger partial charge in [-0.2, -0.15) is 13.2 Å². The van der Waals surface area contributed by atoms with Crippen LogP contribution in [0.15, 0.2) is 29.3 Å². The van der Waals surface area contributed by atoms with E-state index >= 15 is 0 Å². The van der Waals surface area contributed by atoms with Crippen molar-refractivity contribution < 1.29 is 21.6 Å². The van der Waals surface area contributed by atoms with Crippen molar-refractivity contribution in [3.8, 4) is 10.7 Å². The first-order valence-corrected chi connectivity index (χ1v) is 10.7. The largest absolute Gasteiger partial charge is 0.433 e. The fourth-order valence-electron chi connectivity index (χ4n) is 2.73. The monoisotopic (exact) mass is 413 g/mol. The number of sulfone groups is 1. The minimum atomic E-state index is -4.56. The summed E-state index contributed by atoms with van der Waals surface area (Å²) in [6.07, 6.45) is -0.933. The quantitative estimate of drug-likeness (QED) is 0.632. The molecule has 3 aromatic heterocycles. The van der Waals surface area contributed by atoms with Gasteiger partial charge in [-0.25, -0.2) is 18.4 Å². The fraction of sp³-hybridized carbons (Fsp3) is 0.353. The summed E-state index contributed by atoms with van der Waals surface area (Å²) >= 11 is 0.902. The molecule has 1 aliphatic rings. The molecule has 0 saturated heterocycles. The number of halogens is 3. The highest BCUT2D eigenvalue weighted by molar-refractivity contribution is 7.91. The number of alkyl halides is 3. The summed E-state index contributed by atoms with van der Waals surface area (Å²) in [5, 5.41) is 0.242. The highest BCUT2D eigenvalue weighted by atomic mass is 32.2. The van der Waals surface area contributed by atoms with Crippen molar-refractivity contribution in [1.29, 1.82) is 0 Å². The second kappa shape index (κ2) is 6.23. The van der Waals surface area contributed by atoms with Crippen LogP contribution in [0, 0.1) is 0 Å². The number of hydrogen-bond acceptors (Lipinski definition) is 6. The van der Waals surface area contributed by atoms with E-state index in [-0.39, 0.29) is 31.7 Å². The standard InChI is InChI=1S/C17H14F3N3O2S2/c1-2-27(24,25)12-7-10(9-3-4-9)8-21-14(12)16-22-11-5-6-13(17(18,19)20)23-15(11)26-16/h5-9H,2-4H2,1H3. The predicted molar refractivity (Wildman–Crippen MR) is 95.3 cm³/mol. The van der Waals surface area contributed by atoms with Crippen LogP contribution < -0.4 is 0 Å². The molecule has 0 spiro atoms. The van der Waals surface area contributed by atoms with E-state index < -0.39 is 21.7 Å². The van der Waals surface area contributed by atoms with E-state index in [1.165, 1.54) is 6.07 Å². The third-order valence-electron chi connectivity index (χ3n) is 4.39.